The van der Waals surface area contributed by atoms with Gasteiger partial charge in [-0.3, -0.25) is 4.79 Å². The first kappa shape index (κ1) is 16.5. The number of hydrogen-bond donors (Lipinski definition) is 1. The molecule has 0 saturated carbocycles. The van der Waals surface area contributed by atoms with Crippen molar-refractivity contribution >= 4 is 11.9 Å². The van der Waals surface area contributed by atoms with Crippen LogP contribution in [0.15, 0.2) is 30.3 Å². The molecule has 1 heterocycles. The molecule has 0 bridgehead atoms. The summed E-state index contributed by atoms with van der Waals surface area (Å²) < 4.78 is 5.29. The fourth-order valence-electron chi connectivity index (χ4n) is 2.68. The van der Waals surface area contributed by atoms with Crippen LogP contribution in [-0.4, -0.2) is 47.7 Å². The lowest BCUT2D eigenvalue weighted by Gasteiger charge is -2.21. The van der Waals surface area contributed by atoms with Gasteiger partial charge in [-0.25, -0.2) is 4.79 Å². The SMILES string of the molecule is CN(CCCCc1ccccc1)C(=O)[C@@H]1CC[C@H](C(=O)O)O1. The van der Waals surface area contributed by atoms with Crippen molar-refractivity contribution in [3.63, 3.8) is 0 Å². The van der Waals surface area contributed by atoms with Crippen LogP contribution >= 0.6 is 0 Å². The third-order valence-corrected chi connectivity index (χ3v) is 4.00. The van der Waals surface area contributed by atoms with Crippen LogP contribution in [0.3, 0.4) is 0 Å². The van der Waals surface area contributed by atoms with Gasteiger partial charge in [-0.2, -0.15) is 0 Å². The van der Waals surface area contributed by atoms with E-state index in [9.17, 15) is 9.59 Å². The molecule has 1 aromatic carbocycles. The number of carboxylic acid groups (broad SMARTS) is 1. The monoisotopic (exact) mass is 305 g/mol. The lowest BCUT2D eigenvalue weighted by molar-refractivity contribution is -0.154. The molecule has 1 aliphatic rings. The maximum absolute atomic E-state index is 12.2. The highest BCUT2D eigenvalue weighted by atomic mass is 16.5. The summed E-state index contributed by atoms with van der Waals surface area (Å²) in [6, 6.07) is 10.3. The number of hydrogen-bond acceptors (Lipinski definition) is 3. The molecule has 0 aliphatic carbocycles. The minimum absolute atomic E-state index is 0.108. The predicted molar refractivity (Wildman–Crippen MR) is 82.5 cm³/mol. The highest BCUT2D eigenvalue weighted by Crippen LogP contribution is 2.21. The fourth-order valence-corrected chi connectivity index (χ4v) is 2.68. The van der Waals surface area contributed by atoms with Gasteiger partial charge in [0.05, 0.1) is 0 Å². The van der Waals surface area contributed by atoms with Crippen LogP contribution in [0.5, 0.6) is 0 Å². The van der Waals surface area contributed by atoms with E-state index in [-0.39, 0.29) is 5.91 Å². The zero-order valence-corrected chi connectivity index (χ0v) is 12.9. The molecule has 1 aliphatic heterocycles. The van der Waals surface area contributed by atoms with E-state index in [2.05, 4.69) is 12.1 Å². The Hall–Kier alpha value is -1.88. The molecule has 2 rings (SSSR count). The molecule has 0 aromatic heterocycles. The summed E-state index contributed by atoms with van der Waals surface area (Å²) >= 11 is 0. The second-order valence-electron chi connectivity index (χ2n) is 5.73. The molecule has 0 radical (unpaired) electrons. The van der Waals surface area contributed by atoms with Gasteiger partial charge in [0.1, 0.15) is 6.10 Å². The number of carbonyl (C=O) groups excluding carboxylic acids is 1. The summed E-state index contributed by atoms with van der Waals surface area (Å²) in [5, 5.41) is 8.88. The molecule has 0 unspecified atom stereocenters. The van der Waals surface area contributed by atoms with Gasteiger partial charge in [0.15, 0.2) is 6.10 Å². The van der Waals surface area contributed by atoms with Crippen LogP contribution in [0, 0.1) is 0 Å². The molecule has 120 valence electrons. The van der Waals surface area contributed by atoms with Crippen molar-refractivity contribution < 1.29 is 19.4 Å². The predicted octanol–water partition coefficient (Wildman–Crippen LogP) is 2.10. The van der Waals surface area contributed by atoms with E-state index in [4.69, 9.17) is 9.84 Å². The Labute approximate surface area is 130 Å². The topological polar surface area (TPSA) is 66.8 Å². The lowest BCUT2D eigenvalue weighted by Crippen LogP contribution is -2.37. The number of amides is 1. The second kappa shape index (κ2) is 7.94. The molecule has 1 aromatic rings. The van der Waals surface area contributed by atoms with E-state index in [1.165, 1.54) is 5.56 Å². The van der Waals surface area contributed by atoms with Gasteiger partial charge in [0, 0.05) is 13.6 Å². The van der Waals surface area contributed by atoms with Crippen LogP contribution in [0.1, 0.15) is 31.2 Å². The summed E-state index contributed by atoms with van der Waals surface area (Å²) in [6.07, 6.45) is 2.42. The first-order valence-corrected chi connectivity index (χ1v) is 7.75. The first-order chi connectivity index (χ1) is 10.6. The zero-order chi connectivity index (χ0) is 15.9. The van der Waals surface area contributed by atoms with Gasteiger partial charge in [-0.1, -0.05) is 30.3 Å². The van der Waals surface area contributed by atoms with Crippen LogP contribution in [0.4, 0.5) is 0 Å². The number of likely N-dealkylation sites (N-methyl/N-ethyl adjacent to an activating group) is 1. The molecule has 5 nitrogen and oxygen atoms in total. The average Bonchev–Trinajstić information content (AvgIpc) is 3.02. The Morgan fingerprint density at radius 2 is 1.86 bits per heavy atom. The maximum atomic E-state index is 12.2. The molecule has 1 N–H and O–H groups in total. The Bertz CT molecular complexity index is 503. The number of benzene rings is 1. The molecule has 1 saturated heterocycles. The van der Waals surface area contributed by atoms with Gasteiger partial charge in [0.2, 0.25) is 0 Å². The van der Waals surface area contributed by atoms with Crippen LogP contribution < -0.4 is 0 Å². The summed E-state index contributed by atoms with van der Waals surface area (Å²) in [5.74, 6) is -1.09. The molecule has 0 spiro atoms. The highest BCUT2D eigenvalue weighted by Gasteiger charge is 2.35. The Balaban J connectivity index is 1.67. The summed E-state index contributed by atoms with van der Waals surface area (Å²) in [4.78, 5) is 24.7. The molecule has 1 fully saturated rings. The number of carboxylic acids is 1. The van der Waals surface area contributed by atoms with Crippen LogP contribution in [0.2, 0.25) is 0 Å². The highest BCUT2D eigenvalue weighted by molar-refractivity contribution is 5.82. The summed E-state index contributed by atoms with van der Waals surface area (Å²) in [5.41, 5.74) is 1.31. The molecule has 2 atom stereocenters. The zero-order valence-electron chi connectivity index (χ0n) is 12.9. The smallest absolute Gasteiger partial charge is 0.332 e. The van der Waals surface area contributed by atoms with Gasteiger partial charge in [-0.15, -0.1) is 0 Å². The van der Waals surface area contributed by atoms with E-state index in [1.807, 2.05) is 18.2 Å². The average molecular weight is 305 g/mol. The number of aryl methyl sites for hydroxylation is 1. The molecule has 1 amide bonds. The lowest BCUT2D eigenvalue weighted by atomic mass is 10.1. The number of nitrogens with zero attached hydrogens (tertiary/aromatic N) is 1. The van der Waals surface area contributed by atoms with Crippen molar-refractivity contribution in [3.05, 3.63) is 35.9 Å². The molecular formula is C17H23NO4. The number of ether oxygens (including phenoxy) is 1. The van der Waals surface area contributed by atoms with Crippen molar-refractivity contribution in [3.8, 4) is 0 Å². The van der Waals surface area contributed by atoms with Gasteiger partial charge in [0.25, 0.3) is 5.91 Å². The fraction of sp³-hybridized carbons (Fsp3) is 0.529. The Morgan fingerprint density at radius 1 is 1.18 bits per heavy atom. The minimum Gasteiger partial charge on any atom is -0.479 e. The minimum atomic E-state index is -0.985. The van der Waals surface area contributed by atoms with Crippen molar-refractivity contribution in [2.24, 2.45) is 0 Å². The first-order valence-electron chi connectivity index (χ1n) is 7.75. The van der Waals surface area contributed by atoms with Gasteiger partial charge in [-0.05, 0) is 37.7 Å². The quantitative estimate of drug-likeness (QED) is 0.783. The Kier molecular flexibility index (Phi) is 5.95. The van der Waals surface area contributed by atoms with E-state index < -0.39 is 18.2 Å². The van der Waals surface area contributed by atoms with Crippen molar-refractivity contribution in [1.29, 1.82) is 0 Å². The number of unbranched alkanes of at least 4 members (excludes halogenated alkanes) is 1. The van der Waals surface area contributed by atoms with Crippen molar-refractivity contribution in [2.45, 2.75) is 44.3 Å². The van der Waals surface area contributed by atoms with E-state index in [1.54, 1.807) is 11.9 Å². The normalized spacial score (nSPS) is 20.8. The third-order valence-electron chi connectivity index (χ3n) is 4.00. The standard InChI is InChI=1S/C17H23NO4/c1-18(12-6-5-9-13-7-3-2-4-8-13)16(19)14-10-11-15(22-14)17(20)21/h2-4,7-8,14-15H,5-6,9-12H2,1H3,(H,20,21)/t14-,15+/m0/s1. The Morgan fingerprint density at radius 3 is 2.50 bits per heavy atom. The van der Waals surface area contributed by atoms with Crippen LogP contribution in [0.25, 0.3) is 0 Å². The van der Waals surface area contributed by atoms with Crippen LogP contribution in [-0.2, 0) is 20.7 Å². The van der Waals surface area contributed by atoms with Crippen molar-refractivity contribution in [2.75, 3.05) is 13.6 Å². The maximum Gasteiger partial charge on any atom is 0.332 e. The van der Waals surface area contributed by atoms with Gasteiger partial charge >= 0.3 is 5.97 Å². The van der Waals surface area contributed by atoms with E-state index >= 15 is 0 Å². The van der Waals surface area contributed by atoms with E-state index in [0.29, 0.717) is 19.4 Å². The number of rotatable bonds is 7. The van der Waals surface area contributed by atoms with Crippen molar-refractivity contribution in [1.82, 2.24) is 4.90 Å². The second-order valence-corrected chi connectivity index (χ2v) is 5.73. The number of aliphatic carboxylic acids is 1. The summed E-state index contributed by atoms with van der Waals surface area (Å²) in [7, 11) is 1.75. The molecule has 22 heavy (non-hydrogen) atoms. The number of carbonyl (C=O) groups is 2. The molecular weight excluding hydrogens is 282 g/mol. The summed E-state index contributed by atoms with van der Waals surface area (Å²) in [6.45, 7) is 0.670. The largest absolute Gasteiger partial charge is 0.479 e. The van der Waals surface area contributed by atoms with Gasteiger partial charge < -0.3 is 14.7 Å². The van der Waals surface area contributed by atoms with E-state index in [0.717, 1.165) is 19.3 Å². The third kappa shape index (κ3) is 4.56. The molecule has 5 heteroatoms.